The Morgan fingerprint density at radius 2 is 1.80 bits per heavy atom. The molecule has 0 radical (unpaired) electrons. The predicted octanol–water partition coefficient (Wildman–Crippen LogP) is 3.35. The molecule has 2 nitrogen and oxygen atoms in total. The van der Waals surface area contributed by atoms with Gasteiger partial charge in [0.2, 0.25) is 5.91 Å². The fourth-order valence-electron chi connectivity index (χ4n) is 1.61. The highest BCUT2D eigenvalue weighted by atomic mass is 79.9. The predicted molar refractivity (Wildman–Crippen MR) is 64.6 cm³/mol. The van der Waals surface area contributed by atoms with Crippen LogP contribution in [0, 0.1) is 5.92 Å². The van der Waals surface area contributed by atoms with E-state index in [0.717, 1.165) is 23.0 Å². The zero-order valence-corrected chi connectivity index (χ0v) is 9.83. The van der Waals surface area contributed by atoms with Gasteiger partial charge in [-0.25, -0.2) is 0 Å². The van der Waals surface area contributed by atoms with E-state index in [4.69, 9.17) is 0 Å². The molecule has 0 unspecified atom stereocenters. The maximum Gasteiger partial charge on any atom is 0.228 e. The first-order valence-corrected chi connectivity index (χ1v) is 5.76. The number of amides is 1. The number of halogens is 1. The standard InChI is InChI=1S/C12H12BrNO/c13-10-5-7-11(8-6-10)14-12(15)9-3-1-2-4-9/h1-2,5-9H,3-4H2,(H,14,15). The molecule has 0 spiro atoms. The molecule has 15 heavy (non-hydrogen) atoms. The highest BCUT2D eigenvalue weighted by molar-refractivity contribution is 9.10. The summed E-state index contributed by atoms with van der Waals surface area (Å²) in [6.45, 7) is 0. The third kappa shape index (κ3) is 2.69. The van der Waals surface area contributed by atoms with E-state index >= 15 is 0 Å². The fourth-order valence-corrected chi connectivity index (χ4v) is 1.87. The van der Waals surface area contributed by atoms with Crippen molar-refractivity contribution in [3.8, 4) is 0 Å². The summed E-state index contributed by atoms with van der Waals surface area (Å²) >= 11 is 3.36. The van der Waals surface area contributed by atoms with Gasteiger partial charge in [0.1, 0.15) is 0 Å². The second-order valence-corrected chi connectivity index (χ2v) is 4.55. The Labute approximate surface area is 97.5 Å². The fraction of sp³-hybridized carbons (Fsp3) is 0.250. The Hall–Kier alpha value is -1.09. The van der Waals surface area contributed by atoms with Gasteiger partial charge in [-0.15, -0.1) is 0 Å². The van der Waals surface area contributed by atoms with Crippen molar-refractivity contribution in [3.63, 3.8) is 0 Å². The summed E-state index contributed by atoms with van der Waals surface area (Å²) in [6.07, 6.45) is 5.85. The van der Waals surface area contributed by atoms with Crippen LogP contribution in [0.1, 0.15) is 12.8 Å². The molecule has 0 heterocycles. The number of hydrogen-bond acceptors (Lipinski definition) is 1. The topological polar surface area (TPSA) is 29.1 Å². The molecule has 0 bridgehead atoms. The average molecular weight is 266 g/mol. The summed E-state index contributed by atoms with van der Waals surface area (Å²) in [6, 6.07) is 7.62. The van der Waals surface area contributed by atoms with Gasteiger partial charge in [-0.2, -0.15) is 0 Å². The Morgan fingerprint density at radius 3 is 2.40 bits per heavy atom. The van der Waals surface area contributed by atoms with Crippen molar-refractivity contribution in [2.24, 2.45) is 5.92 Å². The molecule has 0 aliphatic heterocycles. The van der Waals surface area contributed by atoms with Gasteiger partial charge in [0, 0.05) is 16.1 Å². The molecular formula is C12H12BrNO. The van der Waals surface area contributed by atoms with Gasteiger partial charge in [-0.3, -0.25) is 4.79 Å². The SMILES string of the molecule is O=C(Nc1ccc(Br)cc1)C1CC=CC1. The average Bonchev–Trinajstić information content (AvgIpc) is 2.74. The first-order valence-electron chi connectivity index (χ1n) is 4.97. The lowest BCUT2D eigenvalue weighted by molar-refractivity contribution is -0.119. The van der Waals surface area contributed by atoms with Crippen LogP contribution in [-0.2, 0) is 4.79 Å². The normalized spacial score (nSPS) is 15.5. The lowest BCUT2D eigenvalue weighted by atomic mass is 10.1. The minimum atomic E-state index is 0.113. The van der Waals surface area contributed by atoms with Crippen molar-refractivity contribution in [2.75, 3.05) is 5.32 Å². The quantitative estimate of drug-likeness (QED) is 0.817. The monoisotopic (exact) mass is 265 g/mol. The number of allylic oxidation sites excluding steroid dienone is 2. The zero-order valence-electron chi connectivity index (χ0n) is 8.24. The molecule has 0 atom stereocenters. The van der Waals surface area contributed by atoms with Crippen LogP contribution in [0.25, 0.3) is 0 Å². The van der Waals surface area contributed by atoms with Crippen LogP contribution in [0.4, 0.5) is 5.69 Å². The Morgan fingerprint density at radius 1 is 1.20 bits per heavy atom. The van der Waals surface area contributed by atoms with Crippen molar-refractivity contribution >= 4 is 27.5 Å². The van der Waals surface area contributed by atoms with E-state index in [2.05, 4.69) is 33.4 Å². The third-order valence-corrected chi connectivity index (χ3v) is 3.02. The van der Waals surface area contributed by atoms with E-state index in [9.17, 15) is 4.79 Å². The highest BCUT2D eigenvalue weighted by Crippen LogP contribution is 2.20. The Bertz CT molecular complexity index is 375. The second-order valence-electron chi connectivity index (χ2n) is 3.64. The largest absolute Gasteiger partial charge is 0.326 e. The molecule has 3 heteroatoms. The van der Waals surface area contributed by atoms with Crippen LogP contribution in [0.2, 0.25) is 0 Å². The van der Waals surface area contributed by atoms with E-state index in [1.165, 1.54) is 0 Å². The first-order chi connectivity index (χ1) is 7.25. The summed E-state index contributed by atoms with van der Waals surface area (Å²) in [5.74, 6) is 0.232. The Balaban J connectivity index is 1.96. The maximum absolute atomic E-state index is 11.7. The number of anilines is 1. The Kier molecular flexibility index (Phi) is 3.21. The van der Waals surface area contributed by atoms with Crippen molar-refractivity contribution in [2.45, 2.75) is 12.8 Å². The van der Waals surface area contributed by atoms with Crippen LogP contribution in [0.15, 0.2) is 40.9 Å². The summed E-state index contributed by atoms with van der Waals surface area (Å²) in [5.41, 5.74) is 0.857. The zero-order chi connectivity index (χ0) is 10.7. The molecule has 1 aromatic rings. The van der Waals surface area contributed by atoms with E-state index in [0.29, 0.717) is 0 Å². The number of carbonyl (C=O) groups is 1. The number of rotatable bonds is 2. The number of carbonyl (C=O) groups excluding carboxylic acids is 1. The maximum atomic E-state index is 11.7. The molecule has 1 aromatic carbocycles. The summed E-state index contributed by atoms with van der Waals surface area (Å²) in [7, 11) is 0. The van der Waals surface area contributed by atoms with Gasteiger partial charge < -0.3 is 5.32 Å². The van der Waals surface area contributed by atoms with Crippen LogP contribution < -0.4 is 5.32 Å². The number of nitrogens with one attached hydrogen (secondary N) is 1. The molecular weight excluding hydrogens is 254 g/mol. The molecule has 1 aliphatic rings. The van der Waals surface area contributed by atoms with Crippen molar-refractivity contribution in [3.05, 3.63) is 40.9 Å². The minimum Gasteiger partial charge on any atom is -0.326 e. The van der Waals surface area contributed by atoms with Crippen LogP contribution >= 0.6 is 15.9 Å². The molecule has 1 aliphatic carbocycles. The molecule has 0 saturated heterocycles. The second kappa shape index (κ2) is 4.62. The lowest BCUT2D eigenvalue weighted by Gasteiger charge is -2.10. The smallest absolute Gasteiger partial charge is 0.228 e. The molecule has 1 amide bonds. The van der Waals surface area contributed by atoms with Gasteiger partial charge in [0.05, 0.1) is 0 Å². The van der Waals surface area contributed by atoms with Crippen LogP contribution in [0.3, 0.4) is 0 Å². The van der Waals surface area contributed by atoms with E-state index in [1.807, 2.05) is 24.3 Å². The van der Waals surface area contributed by atoms with E-state index in [1.54, 1.807) is 0 Å². The molecule has 0 fully saturated rings. The van der Waals surface area contributed by atoms with Gasteiger partial charge in [-0.05, 0) is 37.1 Å². The number of hydrogen-bond donors (Lipinski definition) is 1. The summed E-state index contributed by atoms with van der Waals surface area (Å²) in [4.78, 5) is 11.7. The van der Waals surface area contributed by atoms with E-state index in [-0.39, 0.29) is 11.8 Å². The molecule has 0 saturated carbocycles. The third-order valence-electron chi connectivity index (χ3n) is 2.49. The lowest BCUT2D eigenvalue weighted by Crippen LogP contribution is -2.20. The van der Waals surface area contributed by atoms with Gasteiger partial charge >= 0.3 is 0 Å². The van der Waals surface area contributed by atoms with Crippen molar-refractivity contribution in [1.82, 2.24) is 0 Å². The number of benzene rings is 1. The van der Waals surface area contributed by atoms with Crippen LogP contribution in [0.5, 0.6) is 0 Å². The minimum absolute atomic E-state index is 0.113. The first kappa shape index (κ1) is 10.4. The van der Waals surface area contributed by atoms with E-state index < -0.39 is 0 Å². The summed E-state index contributed by atoms with van der Waals surface area (Å²) < 4.78 is 1.02. The van der Waals surface area contributed by atoms with Crippen molar-refractivity contribution < 1.29 is 4.79 Å². The molecule has 1 N–H and O–H groups in total. The summed E-state index contributed by atoms with van der Waals surface area (Å²) in [5, 5.41) is 2.91. The van der Waals surface area contributed by atoms with Crippen LogP contribution in [-0.4, -0.2) is 5.91 Å². The molecule has 2 rings (SSSR count). The molecule has 78 valence electrons. The highest BCUT2D eigenvalue weighted by Gasteiger charge is 2.18. The van der Waals surface area contributed by atoms with Crippen molar-refractivity contribution in [1.29, 1.82) is 0 Å². The van der Waals surface area contributed by atoms with Gasteiger partial charge in [0.15, 0.2) is 0 Å². The van der Waals surface area contributed by atoms with Gasteiger partial charge in [0.25, 0.3) is 0 Å². The van der Waals surface area contributed by atoms with Gasteiger partial charge in [-0.1, -0.05) is 28.1 Å². The molecule has 0 aromatic heterocycles.